The molecule has 25 heavy (non-hydrogen) atoms. The smallest absolute Gasteiger partial charge is 0.321 e. The van der Waals surface area contributed by atoms with Crippen molar-refractivity contribution in [2.45, 2.75) is 44.6 Å². The van der Waals surface area contributed by atoms with E-state index in [-0.39, 0.29) is 11.4 Å². The molecule has 1 saturated carbocycles. The molecule has 0 unspecified atom stereocenters. The lowest BCUT2D eigenvalue weighted by Gasteiger charge is -2.48. The van der Waals surface area contributed by atoms with Crippen molar-refractivity contribution < 1.29 is 9.59 Å². The summed E-state index contributed by atoms with van der Waals surface area (Å²) in [6.07, 6.45) is 7.42. The molecule has 3 heterocycles. The summed E-state index contributed by atoms with van der Waals surface area (Å²) < 4.78 is 0. The van der Waals surface area contributed by atoms with Gasteiger partial charge in [-0.1, -0.05) is 11.6 Å². The predicted octanol–water partition coefficient (Wildman–Crippen LogP) is 3.13. The highest BCUT2D eigenvalue weighted by Gasteiger charge is 2.46. The highest BCUT2D eigenvalue weighted by atomic mass is 35.5. The van der Waals surface area contributed by atoms with Crippen LogP contribution in [0.15, 0.2) is 18.3 Å². The van der Waals surface area contributed by atoms with Crippen molar-refractivity contribution in [2.75, 3.05) is 25.0 Å². The van der Waals surface area contributed by atoms with Gasteiger partial charge in [-0.05, 0) is 44.2 Å². The number of rotatable bonds is 2. The van der Waals surface area contributed by atoms with Crippen LogP contribution in [0, 0.1) is 5.41 Å². The Morgan fingerprint density at radius 3 is 2.84 bits per heavy atom. The lowest BCUT2D eigenvalue weighted by atomic mass is 9.73. The number of pyridine rings is 1. The molecule has 3 amide bonds. The monoisotopic (exact) mass is 362 g/mol. The van der Waals surface area contributed by atoms with Crippen LogP contribution in [-0.4, -0.2) is 52.4 Å². The van der Waals surface area contributed by atoms with Crippen molar-refractivity contribution in [3.63, 3.8) is 0 Å². The Hall–Kier alpha value is -1.82. The minimum absolute atomic E-state index is 0.0599. The third-order valence-electron chi connectivity index (χ3n) is 5.61. The highest BCUT2D eigenvalue weighted by molar-refractivity contribution is 6.29. The van der Waals surface area contributed by atoms with Crippen LogP contribution in [-0.2, 0) is 4.79 Å². The predicted molar refractivity (Wildman–Crippen MR) is 95.5 cm³/mol. The summed E-state index contributed by atoms with van der Waals surface area (Å²) in [7, 11) is 0. The van der Waals surface area contributed by atoms with Crippen LogP contribution in [0.2, 0.25) is 5.15 Å². The molecule has 1 aromatic rings. The van der Waals surface area contributed by atoms with Crippen LogP contribution in [0.5, 0.6) is 0 Å². The summed E-state index contributed by atoms with van der Waals surface area (Å²) in [4.78, 5) is 32.8. The van der Waals surface area contributed by atoms with E-state index >= 15 is 0 Å². The second-order valence-electron chi connectivity index (χ2n) is 7.58. The molecular formula is C18H23ClN4O2. The molecular weight excluding hydrogens is 340 g/mol. The van der Waals surface area contributed by atoms with E-state index < -0.39 is 0 Å². The Morgan fingerprint density at radius 1 is 1.28 bits per heavy atom. The van der Waals surface area contributed by atoms with Gasteiger partial charge in [-0.25, -0.2) is 9.78 Å². The maximum absolute atomic E-state index is 12.6. The van der Waals surface area contributed by atoms with Gasteiger partial charge in [0.05, 0.1) is 11.9 Å². The number of piperidine rings is 2. The topological polar surface area (TPSA) is 65.5 Å². The van der Waals surface area contributed by atoms with E-state index in [0.29, 0.717) is 29.2 Å². The second kappa shape index (κ2) is 6.48. The molecule has 0 radical (unpaired) electrons. The summed E-state index contributed by atoms with van der Waals surface area (Å²) in [5.41, 5.74) is 0.706. The largest absolute Gasteiger partial charge is 0.339 e. The number of halogens is 1. The molecule has 3 fully saturated rings. The maximum atomic E-state index is 12.6. The fourth-order valence-electron chi connectivity index (χ4n) is 4.13. The van der Waals surface area contributed by atoms with Gasteiger partial charge >= 0.3 is 6.03 Å². The van der Waals surface area contributed by atoms with Crippen LogP contribution in [0.4, 0.5) is 10.5 Å². The quantitative estimate of drug-likeness (QED) is 0.822. The number of nitrogens with one attached hydrogen (secondary N) is 1. The Bertz CT molecular complexity index is 676. The molecule has 2 aliphatic heterocycles. The number of carbonyl (C=O) groups is 2. The Morgan fingerprint density at radius 2 is 2.12 bits per heavy atom. The van der Waals surface area contributed by atoms with E-state index in [1.165, 1.54) is 0 Å². The van der Waals surface area contributed by atoms with Crippen LogP contribution in [0.3, 0.4) is 0 Å². The maximum Gasteiger partial charge on any atom is 0.321 e. The van der Waals surface area contributed by atoms with Gasteiger partial charge in [-0.2, -0.15) is 0 Å². The molecule has 6 nitrogen and oxygen atoms in total. The van der Waals surface area contributed by atoms with E-state index in [9.17, 15) is 9.59 Å². The number of hydrogen-bond donors (Lipinski definition) is 1. The standard InChI is InChI=1S/C18H23ClN4O2/c19-15-5-2-13(10-20-15)21-17(25)22-9-1-7-18(11-22)8-6-16(24)23(12-18)14-3-4-14/h2,5,10,14H,1,3-4,6-9,11-12H2,(H,21,25)/t18-/m1/s1. The van der Waals surface area contributed by atoms with Gasteiger partial charge in [0.1, 0.15) is 5.15 Å². The summed E-state index contributed by atoms with van der Waals surface area (Å²) >= 11 is 5.78. The first-order valence-electron chi connectivity index (χ1n) is 9.02. The SMILES string of the molecule is O=C(Nc1ccc(Cl)nc1)N1CCC[C@@]2(CCC(=O)N(C3CC3)C2)C1. The zero-order valence-electron chi connectivity index (χ0n) is 14.2. The lowest BCUT2D eigenvalue weighted by molar-refractivity contribution is -0.139. The van der Waals surface area contributed by atoms with Crippen molar-refractivity contribution in [1.82, 2.24) is 14.8 Å². The van der Waals surface area contributed by atoms with E-state index in [1.54, 1.807) is 18.3 Å². The van der Waals surface area contributed by atoms with Gasteiger partial charge in [0.25, 0.3) is 0 Å². The van der Waals surface area contributed by atoms with Crippen molar-refractivity contribution in [3.05, 3.63) is 23.5 Å². The van der Waals surface area contributed by atoms with Crippen LogP contribution >= 0.6 is 11.6 Å². The Labute approximate surface area is 152 Å². The molecule has 3 aliphatic rings. The molecule has 1 atom stereocenters. The number of nitrogens with zero attached hydrogens (tertiary/aromatic N) is 3. The third kappa shape index (κ3) is 3.59. The molecule has 4 rings (SSSR count). The highest BCUT2D eigenvalue weighted by Crippen LogP contribution is 2.42. The Balaban J connectivity index is 1.42. The molecule has 2 saturated heterocycles. The summed E-state index contributed by atoms with van der Waals surface area (Å²) in [6.45, 7) is 2.28. The average Bonchev–Trinajstić information content (AvgIpc) is 3.44. The molecule has 7 heteroatoms. The van der Waals surface area contributed by atoms with Crippen molar-refractivity contribution >= 4 is 29.2 Å². The van der Waals surface area contributed by atoms with Gasteiger partial charge < -0.3 is 15.1 Å². The van der Waals surface area contributed by atoms with Crippen molar-refractivity contribution in [1.29, 1.82) is 0 Å². The van der Waals surface area contributed by atoms with E-state index in [2.05, 4.69) is 15.2 Å². The first-order chi connectivity index (χ1) is 12.0. The summed E-state index contributed by atoms with van der Waals surface area (Å²) in [5, 5.41) is 3.31. The van der Waals surface area contributed by atoms with E-state index in [0.717, 1.165) is 51.7 Å². The van der Waals surface area contributed by atoms with Crippen LogP contribution in [0.1, 0.15) is 38.5 Å². The molecule has 0 aromatic carbocycles. The second-order valence-corrected chi connectivity index (χ2v) is 7.96. The number of anilines is 1. The number of amides is 3. The first-order valence-corrected chi connectivity index (χ1v) is 9.39. The summed E-state index contributed by atoms with van der Waals surface area (Å²) in [5.74, 6) is 0.293. The van der Waals surface area contributed by atoms with Gasteiger partial charge in [-0.15, -0.1) is 0 Å². The van der Waals surface area contributed by atoms with Crippen LogP contribution < -0.4 is 5.32 Å². The third-order valence-corrected chi connectivity index (χ3v) is 5.83. The number of likely N-dealkylation sites (tertiary alicyclic amines) is 2. The molecule has 1 N–H and O–H groups in total. The molecule has 1 aliphatic carbocycles. The number of hydrogen-bond acceptors (Lipinski definition) is 3. The normalized spacial score (nSPS) is 26.8. The molecule has 1 aromatic heterocycles. The zero-order valence-corrected chi connectivity index (χ0v) is 15.0. The van der Waals surface area contributed by atoms with E-state index in [1.807, 2.05) is 4.90 Å². The van der Waals surface area contributed by atoms with Gasteiger partial charge in [0.2, 0.25) is 5.91 Å². The molecule has 134 valence electrons. The average molecular weight is 363 g/mol. The van der Waals surface area contributed by atoms with Crippen LogP contribution in [0.25, 0.3) is 0 Å². The molecule has 0 bridgehead atoms. The fourth-order valence-corrected chi connectivity index (χ4v) is 4.24. The summed E-state index contributed by atoms with van der Waals surface area (Å²) in [6, 6.07) is 3.77. The van der Waals surface area contributed by atoms with Gasteiger partial charge in [-0.3, -0.25) is 4.79 Å². The minimum Gasteiger partial charge on any atom is -0.339 e. The van der Waals surface area contributed by atoms with E-state index in [4.69, 9.17) is 11.6 Å². The number of aromatic nitrogens is 1. The van der Waals surface area contributed by atoms with Crippen molar-refractivity contribution in [3.8, 4) is 0 Å². The fraction of sp³-hybridized carbons (Fsp3) is 0.611. The number of urea groups is 1. The Kier molecular flexibility index (Phi) is 4.31. The lowest BCUT2D eigenvalue weighted by Crippen LogP contribution is -2.56. The number of carbonyl (C=O) groups excluding carboxylic acids is 2. The van der Waals surface area contributed by atoms with Gasteiger partial charge in [0.15, 0.2) is 0 Å². The minimum atomic E-state index is -0.0990. The zero-order chi connectivity index (χ0) is 17.4. The first kappa shape index (κ1) is 16.6. The van der Waals surface area contributed by atoms with Gasteiger partial charge in [0, 0.05) is 37.5 Å². The van der Waals surface area contributed by atoms with Crippen molar-refractivity contribution in [2.24, 2.45) is 5.41 Å². The molecule has 1 spiro atoms.